The Labute approximate surface area is 119 Å². The molecular weight excluding hydrogens is 276 g/mol. The normalized spacial score (nSPS) is 11.4. The predicted octanol–water partition coefficient (Wildman–Crippen LogP) is 2.58. The smallest absolute Gasteiger partial charge is 0.240 e. The highest BCUT2D eigenvalue weighted by atomic mass is 32.2. The summed E-state index contributed by atoms with van der Waals surface area (Å²) in [5.41, 5.74) is 0.914. The van der Waals surface area contributed by atoms with E-state index in [0.717, 1.165) is 18.7 Å². The van der Waals surface area contributed by atoms with Crippen LogP contribution in [0.4, 0.5) is 5.69 Å². The van der Waals surface area contributed by atoms with Crippen molar-refractivity contribution in [1.29, 1.82) is 0 Å². The number of sulfonamides is 1. The van der Waals surface area contributed by atoms with Gasteiger partial charge in [-0.25, -0.2) is 13.1 Å². The van der Waals surface area contributed by atoms with Gasteiger partial charge in [0.2, 0.25) is 10.0 Å². The van der Waals surface area contributed by atoms with Gasteiger partial charge >= 0.3 is 0 Å². The second kappa shape index (κ2) is 6.58. The summed E-state index contributed by atoms with van der Waals surface area (Å²) in [5.74, 6) is 0.579. The molecule has 5 nitrogen and oxygen atoms in total. The fraction of sp³-hybridized carbons (Fsp3) is 0.286. The average Bonchev–Trinajstić information content (AvgIpc) is 2.97. The van der Waals surface area contributed by atoms with Gasteiger partial charge in [-0.3, -0.25) is 0 Å². The van der Waals surface area contributed by atoms with Gasteiger partial charge in [0.15, 0.2) is 0 Å². The van der Waals surface area contributed by atoms with Crippen molar-refractivity contribution < 1.29 is 12.8 Å². The van der Waals surface area contributed by atoms with Crippen LogP contribution < -0.4 is 10.0 Å². The van der Waals surface area contributed by atoms with Gasteiger partial charge in [0, 0.05) is 12.2 Å². The molecule has 108 valence electrons. The van der Waals surface area contributed by atoms with Crippen LogP contribution in [-0.4, -0.2) is 15.0 Å². The molecule has 0 saturated heterocycles. The third-order valence-corrected chi connectivity index (χ3v) is 4.18. The van der Waals surface area contributed by atoms with Crippen molar-refractivity contribution in [2.24, 2.45) is 0 Å². The first-order valence-corrected chi connectivity index (χ1v) is 7.96. The highest BCUT2D eigenvalue weighted by Crippen LogP contribution is 2.14. The van der Waals surface area contributed by atoms with Crippen molar-refractivity contribution in [3.8, 4) is 0 Å². The monoisotopic (exact) mass is 294 g/mol. The van der Waals surface area contributed by atoms with E-state index in [1.807, 2.05) is 0 Å². The Morgan fingerprint density at radius 1 is 1.15 bits per heavy atom. The van der Waals surface area contributed by atoms with E-state index in [-0.39, 0.29) is 11.4 Å². The van der Waals surface area contributed by atoms with Gasteiger partial charge in [-0.05, 0) is 42.8 Å². The molecule has 0 aliphatic heterocycles. The van der Waals surface area contributed by atoms with Crippen LogP contribution in [0.25, 0.3) is 0 Å². The lowest BCUT2D eigenvalue weighted by Gasteiger charge is -2.08. The summed E-state index contributed by atoms with van der Waals surface area (Å²) >= 11 is 0. The molecule has 1 heterocycles. The topological polar surface area (TPSA) is 71.3 Å². The van der Waals surface area contributed by atoms with E-state index in [0.29, 0.717) is 5.76 Å². The Morgan fingerprint density at radius 2 is 1.90 bits per heavy atom. The molecule has 0 atom stereocenters. The maximum atomic E-state index is 12.1. The Morgan fingerprint density at radius 3 is 2.50 bits per heavy atom. The molecule has 0 aliphatic rings. The number of hydrogen-bond acceptors (Lipinski definition) is 4. The first-order valence-electron chi connectivity index (χ1n) is 6.48. The van der Waals surface area contributed by atoms with Gasteiger partial charge in [0.25, 0.3) is 0 Å². The van der Waals surface area contributed by atoms with Gasteiger partial charge in [0.05, 0.1) is 17.7 Å². The Hall–Kier alpha value is -1.79. The molecule has 0 bridgehead atoms. The van der Waals surface area contributed by atoms with E-state index in [1.165, 1.54) is 6.26 Å². The van der Waals surface area contributed by atoms with Gasteiger partial charge in [-0.15, -0.1) is 0 Å². The van der Waals surface area contributed by atoms with Gasteiger partial charge < -0.3 is 9.73 Å². The van der Waals surface area contributed by atoms with Crippen LogP contribution in [0.5, 0.6) is 0 Å². The molecule has 2 rings (SSSR count). The number of nitrogens with one attached hydrogen (secondary N) is 2. The molecule has 2 N–H and O–H groups in total. The van der Waals surface area contributed by atoms with Crippen LogP contribution in [0.1, 0.15) is 19.1 Å². The zero-order valence-corrected chi connectivity index (χ0v) is 12.1. The van der Waals surface area contributed by atoms with Crippen LogP contribution in [0.3, 0.4) is 0 Å². The van der Waals surface area contributed by atoms with E-state index in [4.69, 9.17) is 4.42 Å². The van der Waals surface area contributed by atoms with Crippen molar-refractivity contribution in [2.45, 2.75) is 24.8 Å². The maximum absolute atomic E-state index is 12.1. The fourth-order valence-corrected chi connectivity index (χ4v) is 2.68. The highest BCUT2D eigenvalue weighted by molar-refractivity contribution is 7.89. The van der Waals surface area contributed by atoms with Gasteiger partial charge in [-0.1, -0.05) is 6.92 Å². The molecule has 0 radical (unpaired) electrons. The molecule has 20 heavy (non-hydrogen) atoms. The summed E-state index contributed by atoms with van der Waals surface area (Å²) < 4.78 is 31.7. The molecule has 0 spiro atoms. The van der Waals surface area contributed by atoms with Gasteiger partial charge in [-0.2, -0.15) is 0 Å². The molecule has 0 unspecified atom stereocenters. The molecule has 0 aliphatic carbocycles. The summed E-state index contributed by atoms with van der Waals surface area (Å²) in [5, 5.41) is 3.20. The molecular formula is C14H18N2O3S. The van der Waals surface area contributed by atoms with Crippen molar-refractivity contribution in [2.75, 3.05) is 11.9 Å². The van der Waals surface area contributed by atoms with Gasteiger partial charge in [0.1, 0.15) is 5.76 Å². The van der Waals surface area contributed by atoms with E-state index >= 15 is 0 Å². The second-order valence-corrected chi connectivity index (χ2v) is 6.12. The van der Waals surface area contributed by atoms with E-state index in [1.54, 1.807) is 36.4 Å². The Bertz CT molecular complexity index is 619. The predicted molar refractivity (Wildman–Crippen MR) is 78.0 cm³/mol. The molecule has 0 fully saturated rings. The van der Waals surface area contributed by atoms with E-state index < -0.39 is 10.0 Å². The molecule has 2 aromatic rings. The average molecular weight is 294 g/mol. The molecule has 0 saturated carbocycles. The molecule has 1 aromatic carbocycles. The number of furan rings is 1. The fourth-order valence-electron chi connectivity index (χ4n) is 1.68. The molecule has 0 amide bonds. The van der Waals surface area contributed by atoms with Crippen molar-refractivity contribution in [3.63, 3.8) is 0 Å². The van der Waals surface area contributed by atoms with Crippen LogP contribution in [-0.2, 0) is 16.6 Å². The first-order chi connectivity index (χ1) is 9.62. The van der Waals surface area contributed by atoms with Crippen molar-refractivity contribution >= 4 is 15.7 Å². The van der Waals surface area contributed by atoms with Crippen LogP contribution >= 0.6 is 0 Å². The SMILES string of the molecule is CCCNc1ccc(S(=O)(=O)NCc2ccco2)cc1. The first kappa shape index (κ1) is 14.6. The number of hydrogen-bond donors (Lipinski definition) is 2. The summed E-state index contributed by atoms with van der Waals surface area (Å²) in [6.45, 7) is 3.08. The summed E-state index contributed by atoms with van der Waals surface area (Å²) in [4.78, 5) is 0.242. The lowest BCUT2D eigenvalue weighted by atomic mass is 10.3. The van der Waals surface area contributed by atoms with E-state index in [9.17, 15) is 8.42 Å². The van der Waals surface area contributed by atoms with Crippen LogP contribution in [0.2, 0.25) is 0 Å². The third kappa shape index (κ3) is 3.85. The minimum atomic E-state index is -3.51. The molecule has 6 heteroatoms. The summed E-state index contributed by atoms with van der Waals surface area (Å²) in [7, 11) is -3.51. The third-order valence-electron chi connectivity index (χ3n) is 2.76. The van der Waals surface area contributed by atoms with Crippen LogP contribution in [0.15, 0.2) is 52.0 Å². The lowest BCUT2D eigenvalue weighted by molar-refractivity contribution is 0.498. The molecule has 1 aromatic heterocycles. The Kier molecular flexibility index (Phi) is 4.81. The lowest BCUT2D eigenvalue weighted by Crippen LogP contribution is -2.22. The summed E-state index contributed by atoms with van der Waals surface area (Å²) in [6, 6.07) is 10.1. The van der Waals surface area contributed by atoms with Crippen molar-refractivity contribution in [3.05, 3.63) is 48.4 Å². The quantitative estimate of drug-likeness (QED) is 0.823. The summed E-state index contributed by atoms with van der Waals surface area (Å²) in [6.07, 6.45) is 2.53. The number of anilines is 1. The number of benzene rings is 1. The zero-order chi connectivity index (χ0) is 14.4. The minimum absolute atomic E-state index is 0.144. The Balaban J connectivity index is 2.01. The van der Waals surface area contributed by atoms with Crippen LogP contribution in [0, 0.1) is 0 Å². The number of rotatable bonds is 7. The standard InChI is InChI=1S/C14H18N2O3S/c1-2-9-15-12-5-7-14(8-6-12)20(17,18)16-11-13-4-3-10-19-13/h3-8,10,15-16H,2,9,11H2,1H3. The zero-order valence-electron chi connectivity index (χ0n) is 11.3. The minimum Gasteiger partial charge on any atom is -0.468 e. The van der Waals surface area contributed by atoms with Crippen molar-refractivity contribution in [1.82, 2.24) is 4.72 Å². The largest absolute Gasteiger partial charge is 0.468 e. The second-order valence-electron chi connectivity index (χ2n) is 4.36. The maximum Gasteiger partial charge on any atom is 0.240 e. The van der Waals surface area contributed by atoms with E-state index in [2.05, 4.69) is 17.0 Å². The highest BCUT2D eigenvalue weighted by Gasteiger charge is 2.13.